The van der Waals surface area contributed by atoms with E-state index in [9.17, 15) is 0 Å². The second-order valence-electron chi connectivity index (χ2n) is 4.71. The van der Waals surface area contributed by atoms with E-state index in [1.807, 2.05) is 32.2 Å². The molecule has 1 aromatic heterocycles. The first-order valence-corrected chi connectivity index (χ1v) is 7.35. The number of nitrogens with zero attached hydrogens (tertiary/aromatic N) is 1. The average Bonchev–Trinajstić information content (AvgIpc) is 3.00. The molecule has 0 bridgehead atoms. The number of rotatable bonds is 8. The van der Waals surface area contributed by atoms with Crippen LogP contribution in [0, 0.1) is 0 Å². The minimum absolute atomic E-state index is 0.199. The topological polar surface area (TPSA) is 59.2 Å². The zero-order valence-corrected chi connectivity index (χ0v) is 12.8. The lowest BCUT2D eigenvalue weighted by molar-refractivity contribution is 0.287. The van der Waals surface area contributed by atoms with Crippen molar-refractivity contribution in [2.75, 3.05) is 13.2 Å². The van der Waals surface area contributed by atoms with E-state index in [4.69, 9.17) is 9.47 Å². The predicted molar refractivity (Wildman–Crippen MR) is 82.6 cm³/mol. The summed E-state index contributed by atoms with van der Waals surface area (Å²) in [4.78, 5) is 7.29. The molecule has 5 nitrogen and oxygen atoms in total. The van der Waals surface area contributed by atoms with Gasteiger partial charge in [-0.3, -0.25) is 0 Å². The number of imidazole rings is 1. The molecule has 1 aromatic carbocycles. The number of ether oxygens (including phenoxy) is 2. The highest BCUT2D eigenvalue weighted by Crippen LogP contribution is 2.30. The second-order valence-corrected chi connectivity index (χ2v) is 4.71. The third kappa shape index (κ3) is 4.23. The van der Waals surface area contributed by atoms with Crippen molar-refractivity contribution in [1.29, 1.82) is 0 Å². The maximum Gasteiger partial charge on any atom is 0.161 e. The van der Waals surface area contributed by atoms with Gasteiger partial charge in [-0.1, -0.05) is 6.07 Å². The van der Waals surface area contributed by atoms with Gasteiger partial charge in [-0.25, -0.2) is 4.98 Å². The Hall–Kier alpha value is -2.01. The molecule has 0 saturated carbocycles. The van der Waals surface area contributed by atoms with Gasteiger partial charge >= 0.3 is 0 Å². The minimum atomic E-state index is 0.199. The van der Waals surface area contributed by atoms with Crippen LogP contribution in [0.4, 0.5) is 0 Å². The molecule has 0 aliphatic heterocycles. The predicted octanol–water partition coefficient (Wildman–Crippen LogP) is 3.06. The number of benzene rings is 1. The summed E-state index contributed by atoms with van der Waals surface area (Å²) in [6, 6.07) is 6.27. The molecule has 0 aliphatic carbocycles. The second kappa shape index (κ2) is 7.69. The molecule has 0 radical (unpaired) electrons. The van der Waals surface area contributed by atoms with E-state index in [0.717, 1.165) is 22.9 Å². The van der Waals surface area contributed by atoms with E-state index in [1.54, 1.807) is 6.20 Å². The van der Waals surface area contributed by atoms with E-state index in [2.05, 4.69) is 28.3 Å². The Bertz CT molecular complexity index is 540. The van der Waals surface area contributed by atoms with Crippen molar-refractivity contribution < 1.29 is 9.47 Å². The van der Waals surface area contributed by atoms with Crippen LogP contribution in [0.25, 0.3) is 0 Å². The van der Waals surface area contributed by atoms with Crippen molar-refractivity contribution in [1.82, 2.24) is 15.3 Å². The van der Waals surface area contributed by atoms with Crippen LogP contribution in [-0.4, -0.2) is 23.2 Å². The lowest BCUT2D eigenvalue weighted by Gasteiger charge is -2.17. The lowest BCUT2D eigenvalue weighted by Crippen LogP contribution is -2.19. The highest BCUT2D eigenvalue weighted by molar-refractivity contribution is 5.43. The van der Waals surface area contributed by atoms with Crippen LogP contribution in [-0.2, 0) is 6.54 Å². The fraction of sp³-hybridized carbons (Fsp3) is 0.438. The Morgan fingerprint density at radius 3 is 2.62 bits per heavy atom. The molecule has 2 aromatic rings. The summed E-state index contributed by atoms with van der Waals surface area (Å²) in [5, 5.41) is 3.43. The number of nitrogens with one attached hydrogen (secondary N) is 2. The average molecular weight is 289 g/mol. The van der Waals surface area contributed by atoms with Gasteiger partial charge in [0, 0.05) is 18.4 Å². The van der Waals surface area contributed by atoms with Crippen molar-refractivity contribution in [3.63, 3.8) is 0 Å². The largest absolute Gasteiger partial charge is 0.490 e. The first kappa shape index (κ1) is 15.4. The molecule has 5 heteroatoms. The number of hydrogen-bond acceptors (Lipinski definition) is 4. The quantitative estimate of drug-likeness (QED) is 0.784. The van der Waals surface area contributed by atoms with Gasteiger partial charge in [-0.05, 0) is 38.5 Å². The molecule has 21 heavy (non-hydrogen) atoms. The Morgan fingerprint density at radius 1 is 1.19 bits per heavy atom. The Kier molecular flexibility index (Phi) is 5.63. The van der Waals surface area contributed by atoms with E-state index < -0.39 is 0 Å². The van der Waals surface area contributed by atoms with Gasteiger partial charge in [0.1, 0.15) is 5.82 Å². The molecule has 0 amide bonds. The summed E-state index contributed by atoms with van der Waals surface area (Å²) in [6.07, 6.45) is 3.58. The smallest absolute Gasteiger partial charge is 0.161 e. The van der Waals surface area contributed by atoms with Gasteiger partial charge in [0.05, 0.1) is 19.8 Å². The maximum atomic E-state index is 5.66. The minimum Gasteiger partial charge on any atom is -0.490 e. The number of H-pyrrole nitrogens is 1. The molecule has 0 aliphatic rings. The third-order valence-corrected chi connectivity index (χ3v) is 3.20. The number of aromatic amines is 1. The first-order valence-electron chi connectivity index (χ1n) is 7.35. The standard InChI is InChI=1S/C16H23N3O2/c1-4-20-14-7-6-13(10-15(14)21-5-2)12(3)19-11-16-17-8-9-18-16/h6-10,12,19H,4-5,11H2,1-3H3,(H,17,18). The highest BCUT2D eigenvalue weighted by Gasteiger charge is 2.11. The zero-order valence-electron chi connectivity index (χ0n) is 12.8. The van der Waals surface area contributed by atoms with Crippen LogP contribution in [0.2, 0.25) is 0 Å². The van der Waals surface area contributed by atoms with Crippen molar-refractivity contribution in [3.8, 4) is 11.5 Å². The van der Waals surface area contributed by atoms with Crippen molar-refractivity contribution >= 4 is 0 Å². The van der Waals surface area contributed by atoms with E-state index in [0.29, 0.717) is 19.8 Å². The van der Waals surface area contributed by atoms with E-state index in [-0.39, 0.29) is 6.04 Å². The van der Waals surface area contributed by atoms with Crippen LogP contribution < -0.4 is 14.8 Å². The Balaban J connectivity index is 2.05. The monoisotopic (exact) mass is 289 g/mol. The van der Waals surface area contributed by atoms with Crippen molar-refractivity contribution in [3.05, 3.63) is 42.0 Å². The maximum absolute atomic E-state index is 5.66. The van der Waals surface area contributed by atoms with Crippen LogP contribution >= 0.6 is 0 Å². The van der Waals surface area contributed by atoms with E-state index in [1.165, 1.54) is 0 Å². The van der Waals surface area contributed by atoms with Crippen molar-refractivity contribution in [2.24, 2.45) is 0 Å². The summed E-state index contributed by atoms with van der Waals surface area (Å²) in [5.41, 5.74) is 1.16. The molecular weight excluding hydrogens is 266 g/mol. The first-order chi connectivity index (χ1) is 10.2. The fourth-order valence-corrected chi connectivity index (χ4v) is 2.10. The van der Waals surface area contributed by atoms with Crippen LogP contribution in [0.3, 0.4) is 0 Å². The van der Waals surface area contributed by atoms with Crippen molar-refractivity contribution in [2.45, 2.75) is 33.4 Å². The summed E-state index contributed by atoms with van der Waals surface area (Å²) < 4.78 is 11.2. The summed E-state index contributed by atoms with van der Waals surface area (Å²) in [5.74, 6) is 2.52. The molecule has 0 saturated heterocycles. The highest BCUT2D eigenvalue weighted by atomic mass is 16.5. The van der Waals surface area contributed by atoms with Gasteiger partial charge in [-0.15, -0.1) is 0 Å². The SMILES string of the molecule is CCOc1ccc(C(C)NCc2ncc[nH]2)cc1OCC. The molecule has 1 atom stereocenters. The molecule has 0 spiro atoms. The third-order valence-electron chi connectivity index (χ3n) is 3.20. The van der Waals surface area contributed by atoms with Crippen LogP contribution in [0.5, 0.6) is 11.5 Å². The normalized spacial score (nSPS) is 12.1. The Morgan fingerprint density at radius 2 is 1.95 bits per heavy atom. The molecule has 1 heterocycles. The molecule has 114 valence electrons. The zero-order chi connectivity index (χ0) is 15.1. The summed E-state index contributed by atoms with van der Waals surface area (Å²) in [7, 11) is 0. The van der Waals surface area contributed by atoms with Gasteiger partial charge in [0.15, 0.2) is 11.5 Å². The lowest BCUT2D eigenvalue weighted by atomic mass is 10.1. The molecule has 0 fully saturated rings. The molecule has 2 N–H and O–H groups in total. The molecule has 1 unspecified atom stereocenters. The molecule has 2 rings (SSSR count). The summed E-state index contributed by atoms with van der Waals surface area (Å²) >= 11 is 0. The summed E-state index contributed by atoms with van der Waals surface area (Å²) in [6.45, 7) is 8.02. The molecular formula is C16H23N3O2. The van der Waals surface area contributed by atoms with Gasteiger partial charge in [-0.2, -0.15) is 0 Å². The van der Waals surface area contributed by atoms with Gasteiger partial charge in [0.25, 0.3) is 0 Å². The number of aromatic nitrogens is 2. The van der Waals surface area contributed by atoms with Crippen LogP contribution in [0.1, 0.15) is 38.2 Å². The van der Waals surface area contributed by atoms with Crippen LogP contribution in [0.15, 0.2) is 30.6 Å². The number of hydrogen-bond donors (Lipinski definition) is 2. The fourth-order valence-electron chi connectivity index (χ4n) is 2.10. The Labute approximate surface area is 125 Å². The van der Waals surface area contributed by atoms with E-state index >= 15 is 0 Å². The van der Waals surface area contributed by atoms with Gasteiger partial charge < -0.3 is 19.8 Å². The van der Waals surface area contributed by atoms with Gasteiger partial charge in [0.2, 0.25) is 0 Å².